The summed E-state index contributed by atoms with van der Waals surface area (Å²) in [6, 6.07) is 7.40. The molecule has 2 rings (SSSR count). The molecule has 2 heteroatoms. The standard InChI is InChI=1S/C15H20O2/c1-15(2)9-7-12(8-10-15)11-3-5-13(6-4-11)14(16)17/h3-6,12H,7-10H2,1-2H3,(H,16,17). The number of benzene rings is 1. The van der Waals surface area contributed by atoms with Crippen molar-refractivity contribution in [2.75, 3.05) is 0 Å². The molecule has 0 bridgehead atoms. The summed E-state index contributed by atoms with van der Waals surface area (Å²) in [6.45, 7) is 4.66. The minimum Gasteiger partial charge on any atom is -0.478 e. The second-order valence-electron chi connectivity index (χ2n) is 5.87. The Bertz CT molecular complexity index is 393. The molecule has 0 spiro atoms. The van der Waals surface area contributed by atoms with Gasteiger partial charge in [-0.15, -0.1) is 0 Å². The maximum atomic E-state index is 10.8. The van der Waals surface area contributed by atoms with E-state index in [2.05, 4.69) is 13.8 Å². The van der Waals surface area contributed by atoms with Crippen LogP contribution in [0.2, 0.25) is 0 Å². The lowest BCUT2D eigenvalue weighted by Gasteiger charge is -2.34. The van der Waals surface area contributed by atoms with Crippen LogP contribution in [-0.2, 0) is 0 Å². The topological polar surface area (TPSA) is 37.3 Å². The van der Waals surface area contributed by atoms with Crippen molar-refractivity contribution < 1.29 is 9.90 Å². The summed E-state index contributed by atoms with van der Waals surface area (Å²) in [6.07, 6.45) is 4.97. The third-order valence-corrected chi connectivity index (χ3v) is 3.97. The van der Waals surface area contributed by atoms with Gasteiger partial charge >= 0.3 is 5.97 Å². The lowest BCUT2D eigenvalue weighted by Crippen LogP contribution is -2.20. The van der Waals surface area contributed by atoms with E-state index in [4.69, 9.17) is 5.11 Å². The van der Waals surface area contributed by atoms with E-state index in [-0.39, 0.29) is 0 Å². The number of hydrogen-bond donors (Lipinski definition) is 1. The highest BCUT2D eigenvalue weighted by molar-refractivity contribution is 5.87. The van der Waals surface area contributed by atoms with Gasteiger partial charge in [0.25, 0.3) is 0 Å². The summed E-state index contributed by atoms with van der Waals surface area (Å²) < 4.78 is 0. The van der Waals surface area contributed by atoms with E-state index in [0.717, 1.165) is 0 Å². The Morgan fingerprint density at radius 3 is 2.18 bits per heavy atom. The molecule has 0 saturated heterocycles. The van der Waals surface area contributed by atoms with Gasteiger partial charge in [-0.25, -0.2) is 4.79 Å². The lowest BCUT2D eigenvalue weighted by molar-refractivity contribution is 0.0697. The van der Waals surface area contributed by atoms with Crippen LogP contribution in [0.1, 0.15) is 61.4 Å². The van der Waals surface area contributed by atoms with Crippen molar-refractivity contribution in [2.45, 2.75) is 45.4 Å². The van der Waals surface area contributed by atoms with Gasteiger partial charge in [0, 0.05) is 0 Å². The largest absolute Gasteiger partial charge is 0.478 e. The van der Waals surface area contributed by atoms with Crippen LogP contribution in [0.25, 0.3) is 0 Å². The fourth-order valence-electron chi connectivity index (χ4n) is 2.63. The Kier molecular flexibility index (Phi) is 3.23. The molecule has 0 radical (unpaired) electrons. The van der Waals surface area contributed by atoms with E-state index in [1.54, 1.807) is 12.1 Å². The molecule has 0 atom stereocenters. The molecular formula is C15H20O2. The van der Waals surface area contributed by atoms with Crippen molar-refractivity contribution >= 4 is 5.97 Å². The van der Waals surface area contributed by atoms with Gasteiger partial charge in [0.05, 0.1) is 5.56 Å². The summed E-state index contributed by atoms with van der Waals surface area (Å²) in [7, 11) is 0. The summed E-state index contributed by atoms with van der Waals surface area (Å²) in [5.74, 6) is -0.229. The van der Waals surface area contributed by atoms with Gasteiger partial charge in [-0.05, 0) is 54.7 Å². The van der Waals surface area contributed by atoms with Crippen molar-refractivity contribution in [2.24, 2.45) is 5.41 Å². The third kappa shape index (κ3) is 2.87. The predicted molar refractivity (Wildman–Crippen MR) is 68.4 cm³/mol. The predicted octanol–water partition coefficient (Wildman–Crippen LogP) is 4.07. The number of hydrogen-bond acceptors (Lipinski definition) is 1. The van der Waals surface area contributed by atoms with Crippen LogP contribution in [0.15, 0.2) is 24.3 Å². The van der Waals surface area contributed by atoms with E-state index in [1.165, 1.54) is 31.2 Å². The molecule has 0 aromatic heterocycles. The van der Waals surface area contributed by atoms with Gasteiger partial charge in [0.15, 0.2) is 0 Å². The Labute approximate surface area is 103 Å². The van der Waals surface area contributed by atoms with Crippen LogP contribution < -0.4 is 0 Å². The highest BCUT2D eigenvalue weighted by Crippen LogP contribution is 2.42. The summed E-state index contributed by atoms with van der Waals surface area (Å²) in [5.41, 5.74) is 2.16. The maximum Gasteiger partial charge on any atom is 0.335 e. The Hall–Kier alpha value is -1.31. The van der Waals surface area contributed by atoms with Crippen molar-refractivity contribution in [3.63, 3.8) is 0 Å². The molecular weight excluding hydrogens is 212 g/mol. The van der Waals surface area contributed by atoms with Crippen molar-refractivity contribution in [3.8, 4) is 0 Å². The molecule has 1 aliphatic rings. The molecule has 1 aromatic rings. The highest BCUT2D eigenvalue weighted by atomic mass is 16.4. The van der Waals surface area contributed by atoms with Crippen LogP contribution in [-0.4, -0.2) is 11.1 Å². The zero-order valence-corrected chi connectivity index (χ0v) is 10.6. The number of carboxylic acids is 1. The first kappa shape index (κ1) is 12.2. The number of carboxylic acid groups (broad SMARTS) is 1. The van der Waals surface area contributed by atoms with E-state index < -0.39 is 5.97 Å². The maximum absolute atomic E-state index is 10.8. The molecule has 0 unspecified atom stereocenters. The average molecular weight is 232 g/mol. The first-order valence-electron chi connectivity index (χ1n) is 6.31. The highest BCUT2D eigenvalue weighted by Gasteiger charge is 2.27. The quantitative estimate of drug-likeness (QED) is 0.834. The molecule has 1 saturated carbocycles. The first-order chi connectivity index (χ1) is 7.98. The molecule has 1 aromatic carbocycles. The second-order valence-corrected chi connectivity index (χ2v) is 5.87. The fourth-order valence-corrected chi connectivity index (χ4v) is 2.63. The third-order valence-electron chi connectivity index (χ3n) is 3.97. The number of aromatic carboxylic acids is 1. The van der Waals surface area contributed by atoms with Crippen LogP contribution in [0, 0.1) is 5.41 Å². The van der Waals surface area contributed by atoms with Gasteiger partial charge in [-0.2, -0.15) is 0 Å². The van der Waals surface area contributed by atoms with Crippen LogP contribution in [0.5, 0.6) is 0 Å². The molecule has 0 amide bonds. The van der Waals surface area contributed by atoms with Crippen molar-refractivity contribution in [1.29, 1.82) is 0 Å². The molecule has 17 heavy (non-hydrogen) atoms. The number of rotatable bonds is 2. The van der Waals surface area contributed by atoms with Gasteiger partial charge in [0.2, 0.25) is 0 Å². The monoisotopic (exact) mass is 232 g/mol. The van der Waals surface area contributed by atoms with Gasteiger partial charge < -0.3 is 5.11 Å². The van der Waals surface area contributed by atoms with Gasteiger partial charge in [-0.1, -0.05) is 26.0 Å². The van der Waals surface area contributed by atoms with E-state index in [1.807, 2.05) is 12.1 Å². The van der Waals surface area contributed by atoms with E-state index in [9.17, 15) is 4.79 Å². The SMILES string of the molecule is CC1(C)CCC(c2ccc(C(=O)O)cc2)CC1. The first-order valence-corrected chi connectivity index (χ1v) is 6.31. The smallest absolute Gasteiger partial charge is 0.335 e. The Morgan fingerprint density at radius 2 is 1.71 bits per heavy atom. The van der Waals surface area contributed by atoms with Gasteiger partial charge in [0.1, 0.15) is 0 Å². The van der Waals surface area contributed by atoms with E-state index in [0.29, 0.717) is 16.9 Å². The zero-order chi connectivity index (χ0) is 12.5. The molecule has 2 nitrogen and oxygen atoms in total. The summed E-state index contributed by atoms with van der Waals surface area (Å²) in [4.78, 5) is 10.8. The lowest BCUT2D eigenvalue weighted by atomic mass is 9.71. The van der Waals surface area contributed by atoms with Crippen LogP contribution in [0.3, 0.4) is 0 Å². The second kappa shape index (κ2) is 4.52. The van der Waals surface area contributed by atoms with Crippen molar-refractivity contribution in [1.82, 2.24) is 0 Å². The molecule has 1 N–H and O–H groups in total. The Balaban J connectivity index is 2.06. The van der Waals surface area contributed by atoms with Crippen LogP contribution >= 0.6 is 0 Å². The fraction of sp³-hybridized carbons (Fsp3) is 0.533. The summed E-state index contributed by atoms with van der Waals surface area (Å²) in [5, 5.41) is 8.85. The minimum absolute atomic E-state index is 0.380. The average Bonchev–Trinajstić information content (AvgIpc) is 2.29. The zero-order valence-electron chi connectivity index (χ0n) is 10.6. The van der Waals surface area contributed by atoms with Gasteiger partial charge in [-0.3, -0.25) is 0 Å². The Morgan fingerprint density at radius 1 is 1.18 bits per heavy atom. The molecule has 92 valence electrons. The van der Waals surface area contributed by atoms with Crippen LogP contribution in [0.4, 0.5) is 0 Å². The normalized spacial score (nSPS) is 20.1. The minimum atomic E-state index is -0.846. The molecule has 1 aliphatic carbocycles. The molecule has 1 fully saturated rings. The van der Waals surface area contributed by atoms with E-state index >= 15 is 0 Å². The summed E-state index contributed by atoms with van der Waals surface area (Å²) >= 11 is 0. The molecule has 0 aliphatic heterocycles. The number of carbonyl (C=O) groups is 1. The molecule has 0 heterocycles. The van der Waals surface area contributed by atoms with Crippen molar-refractivity contribution in [3.05, 3.63) is 35.4 Å².